The topological polar surface area (TPSA) is 83.7 Å². The Morgan fingerprint density at radius 3 is 2.71 bits per heavy atom. The molecular weight excluding hydrogens is 466 g/mol. The van der Waals surface area contributed by atoms with Gasteiger partial charge in [0.1, 0.15) is 0 Å². The molecule has 0 radical (unpaired) electrons. The van der Waals surface area contributed by atoms with Crippen molar-refractivity contribution in [2.24, 2.45) is 0 Å². The number of rotatable bonds is 6. The molecule has 2 atom stereocenters. The van der Waals surface area contributed by atoms with Crippen molar-refractivity contribution in [3.05, 3.63) is 69.9 Å². The molecular formula is C27H32ClN3O4. The molecule has 8 heteroatoms. The van der Waals surface area contributed by atoms with Gasteiger partial charge in [0, 0.05) is 60.6 Å². The zero-order valence-corrected chi connectivity index (χ0v) is 20.9. The highest BCUT2D eigenvalue weighted by atomic mass is 35.5. The first-order valence-electron chi connectivity index (χ1n) is 12.1. The molecule has 2 N–H and O–H groups in total. The van der Waals surface area contributed by atoms with Crippen molar-refractivity contribution >= 4 is 34.8 Å². The quantitative estimate of drug-likeness (QED) is 0.491. The fourth-order valence-corrected chi connectivity index (χ4v) is 4.85. The average Bonchev–Trinajstić information content (AvgIpc) is 3.54. The lowest BCUT2D eigenvalue weighted by atomic mass is 9.92. The van der Waals surface area contributed by atoms with Crippen molar-refractivity contribution < 1.29 is 19.1 Å². The minimum atomic E-state index is -0.226. The van der Waals surface area contributed by atoms with Crippen LogP contribution in [0.3, 0.4) is 0 Å². The van der Waals surface area contributed by atoms with Crippen molar-refractivity contribution in [2.45, 2.75) is 38.3 Å². The number of ether oxygens (including phenoxy) is 2. The highest BCUT2D eigenvalue weighted by molar-refractivity contribution is 6.31. The third-order valence-corrected chi connectivity index (χ3v) is 6.79. The molecule has 186 valence electrons. The van der Waals surface area contributed by atoms with Gasteiger partial charge in [-0.15, -0.1) is 0 Å². The standard InChI is InChI=1S/C24H24ClN3O3.C3H8O/c25-17-7-8-21-20(12-17)19-9-10-28(14-29)23(22(19)27-21)15-3-5-16(6-4-15)24(30)26-13-18-2-1-11-31-18;1-3-4-2/h3-8,12,14,18,23,27H,1-2,9-11,13H2,(H,26,30);3H2,1-2H3. The highest BCUT2D eigenvalue weighted by Crippen LogP contribution is 2.38. The van der Waals surface area contributed by atoms with E-state index in [1.165, 1.54) is 5.56 Å². The van der Waals surface area contributed by atoms with Crippen LogP contribution in [-0.2, 0) is 20.7 Å². The van der Waals surface area contributed by atoms with Gasteiger partial charge in [-0.05, 0) is 67.6 Å². The van der Waals surface area contributed by atoms with Crippen molar-refractivity contribution in [3.8, 4) is 0 Å². The van der Waals surface area contributed by atoms with Gasteiger partial charge in [-0.2, -0.15) is 0 Å². The third kappa shape index (κ3) is 5.69. The summed E-state index contributed by atoms with van der Waals surface area (Å²) in [5.74, 6) is -0.112. The first-order valence-corrected chi connectivity index (χ1v) is 12.4. The second-order valence-electron chi connectivity index (χ2n) is 8.75. The van der Waals surface area contributed by atoms with E-state index >= 15 is 0 Å². The number of nitrogens with one attached hydrogen (secondary N) is 2. The first kappa shape index (κ1) is 25.2. The maximum Gasteiger partial charge on any atom is 0.251 e. The molecule has 0 aliphatic carbocycles. The molecule has 1 saturated heterocycles. The zero-order chi connectivity index (χ0) is 24.8. The van der Waals surface area contributed by atoms with E-state index < -0.39 is 0 Å². The Bertz CT molecular complexity index is 1150. The molecule has 3 heterocycles. The molecule has 5 rings (SSSR count). The van der Waals surface area contributed by atoms with E-state index in [0.29, 0.717) is 23.7 Å². The largest absolute Gasteiger partial charge is 0.385 e. The zero-order valence-electron chi connectivity index (χ0n) is 20.2. The summed E-state index contributed by atoms with van der Waals surface area (Å²) in [4.78, 5) is 29.6. The van der Waals surface area contributed by atoms with Crippen LogP contribution in [0.15, 0.2) is 42.5 Å². The van der Waals surface area contributed by atoms with Crippen molar-refractivity contribution in [1.29, 1.82) is 0 Å². The Labute approximate surface area is 210 Å². The maximum atomic E-state index is 12.5. The van der Waals surface area contributed by atoms with Crippen LogP contribution in [0.2, 0.25) is 5.02 Å². The van der Waals surface area contributed by atoms with Gasteiger partial charge in [-0.25, -0.2) is 0 Å². The Morgan fingerprint density at radius 2 is 2.06 bits per heavy atom. The normalized spacial score (nSPS) is 19.1. The molecule has 0 bridgehead atoms. The number of aromatic amines is 1. The Kier molecular flexibility index (Phi) is 8.44. The molecule has 3 aromatic rings. The van der Waals surface area contributed by atoms with Crippen molar-refractivity contribution in [1.82, 2.24) is 15.2 Å². The van der Waals surface area contributed by atoms with Gasteiger partial charge < -0.3 is 24.7 Å². The van der Waals surface area contributed by atoms with E-state index in [1.807, 2.05) is 49.4 Å². The number of H-pyrrole nitrogens is 1. The molecule has 1 aromatic heterocycles. The van der Waals surface area contributed by atoms with Gasteiger partial charge in [0.15, 0.2) is 0 Å². The van der Waals surface area contributed by atoms with E-state index in [-0.39, 0.29) is 18.1 Å². The molecule has 7 nitrogen and oxygen atoms in total. The number of carbonyl (C=O) groups excluding carboxylic acids is 2. The SMILES string of the molecule is CCOC.O=CN1CCc2c([nH]c3ccc(Cl)cc23)C1c1ccc(C(=O)NCC2CCCO2)cc1. The summed E-state index contributed by atoms with van der Waals surface area (Å²) in [7, 11) is 1.68. The lowest BCUT2D eigenvalue weighted by molar-refractivity contribution is -0.120. The van der Waals surface area contributed by atoms with Gasteiger partial charge in [-0.1, -0.05) is 23.7 Å². The van der Waals surface area contributed by atoms with Crippen LogP contribution in [0.4, 0.5) is 0 Å². The molecule has 35 heavy (non-hydrogen) atoms. The second kappa shape index (κ2) is 11.7. The smallest absolute Gasteiger partial charge is 0.251 e. The number of hydrogen-bond acceptors (Lipinski definition) is 4. The summed E-state index contributed by atoms with van der Waals surface area (Å²) in [6.07, 6.45) is 3.82. The van der Waals surface area contributed by atoms with Gasteiger partial charge in [-0.3, -0.25) is 9.59 Å². The summed E-state index contributed by atoms with van der Waals surface area (Å²) >= 11 is 6.22. The Morgan fingerprint density at radius 1 is 1.29 bits per heavy atom. The van der Waals surface area contributed by atoms with Crippen LogP contribution < -0.4 is 5.32 Å². The van der Waals surface area contributed by atoms with Crippen LogP contribution in [0, 0.1) is 0 Å². The predicted octanol–water partition coefficient (Wildman–Crippen LogP) is 4.49. The number of hydrogen-bond donors (Lipinski definition) is 2. The minimum Gasteiger partial charge on any atom is -0.385 e. The number of fused-ring (bicyclic) bond motifs is 3. The van der Waals surface area contributed by atoms with Crippen LogP contribution in [-0.4, -0.2) is 61.7 Å². The van der Waals surface area contributed by atoms with Crippen LogP contribution in [0.5, 0.6) is 0 Å². The molecule has 2 aliphatic heterocycles. The summed E-state index contributed by atoms with van der Waals surface area (Å²) in [6, 6.07) is 13.1. The van der Waals surface area contributed by atoms with Gasteiger partial charge in [0.2, 0.25) is 6.41 Å². The summed E-state index contributed by atoms with van der Waals surface area (Å²) in [5, 5.41) is 4.75. The molecule has 0 saturated carbocycles. The minimum absolute atomic E-state index is 0.112. The van der Waals surface area contributed by atoms with Gasteiger partial charge in [0.25, 0.3) is 5.91 Å². The number of methoxy groups -OCH3 is 1. The maximum absolute atomic E-state index is 12.5. The van der Waals surface area contributed by atoms with Crippen LogP contribution in [0.25, 0.3) is 10.9 Å². The number of aromatic nitrogens is 1. The van der Waals surface area contributed by atoms with Gasteiger partial charge >= 0.3 is 0 Å². The number of halogens is 1. The Balaban J connectivity index is 0.000000672. The molecule has 1 fully saturated rings. The number of nitrogens with zero attached hydrogens (tertiary/aromatic N) is 1. The van der Waals surface area contributed by atoms with Crippen LogP contribution in [0.1, 0.15) is 53.0 Å². The highest BCUT2D eigenvalue weighted by Gasteiger charge is 2.31. The van der Waals surface area contributed by atoms with E-state index in [1.54, 1.807) is 12.0 Å². The summed E-state index contributed by atoms with van der Waals surface area (Å²) < 4.78 is 10.1. The molecule has 2 aliphatic rings. The predicted molar refractivity (Wildman–Crippen MR) is 137 cm³/mol. The van der Waals surface area contributed by atoms with E-state index in [4.69, 9.17) is 16.3 Å². The van der Waals surface area contributed by atoms with Crippen molar-refractivity contribution in [2.75, 3.05) is 33.4 Å². The fourth-order valence-electron chi connectivity index (χ4n) is 4.68. The third-order valence-electron chi connectivity index (χ3n) is 6.55. The summed E-state index contributed by atoms with van der Waals surface area (Å²) in [6.45, 7) is 4.71. The second-order valence-corrected chi connectivity index (χ2v) is 9.18. The first-order chi connectivity index (χ1) is 17.0. The summed E-state index contributed by atoms with van der Waals surface area (Å²) in [5.41, 5.74) is 4.77. The molecule has 2 aromatic carbocycles. The molecule has 2 amide bonds. The number of amides is 2. The van der Waals surface area contributed by atoms with E-state index in [0.717, 1.165) is 61.0 Å². The fraction of sp³-hybridized carbons (Fsp3) is 0.407. The van der Waals surface area contributed by atoms with Gasteiger partial charge in [0.05, 0.1) is 12.1 Å². The van der Waals surface area contributed by atoms with E-state index in [2.05, 4.69) is 15.0 Å². The lowest BCUT2D eigenvalue weighted by Gasteiger charge is -2.33. The number of benzene rings is 2. The monoisotopic (exact) mass is 497 g/mol. The molecule has 0 spiro atoms. The molecule has 2 unspecified atom stereocenters. The Hall–Kier alpha value is -2.87. The van der Waals surface area contributed by atoms with Crippen molar-refractivity contribution in [3.63, 3.8) is 0 Å². The average molecular weight is 498 g/mol. The number of carbonyl (C=O) groups is 2. The van der Waals surface area contributed by atoms with Crippen LogP contribution >= 0.6 is 11.6 Å². The lowest BCUT2D eigenvalue weighted by Crippen LogP contribution is -2.35. The van der Waals surface area contributed by atoms with E-state index in [9.17, 15) is 9.59 Å².